The van der Waals surface area contributed by atoms with Crippen LogP contribution < -0.4 is 5.06 Å². The topological polar surface area (TPSA) is 65.1 Å². The Labute approximate surface area is 123 Å². The van der Waals surface area contributed by atoms with Gasteiger partial charge in [-0.25, -0.2) is 4.79 Å². The van der Waals surface area contributed by atoms with E-state index in [4.69, 9.17) is 9.57 Å². The molecule has 1 aliphatic rings. The van der Waals surface area contributed by atoms with Gasteiger partial charge in [-0.1, -0.05) is 18.2 Å². The van der Waals surface area contributed by atoms with E-state index in [2.05, 4.69) is 4.74 Å². The second-order valence-electron chi connectivity index (χ2n) is 5.21. The third-order valence-corrected chi connectivity index (χ3v) is 3.58. The SMILES string of the molecule is COC(=O)N(OC)c1ccccc1COC(=O)C1(C)CC1. The minimum Gasteiger partial charge on any atom is -0.460 e. The van der Waals surface area contributed by atoms with Crippen LogP contribution >= 0.6 is 0 Å². The number of ether oxygens (including phenoxy) is 2. The first-order valence-electron chi connectivity index (χ1n) is 6.69. The molecule has 0 aliphatic heterocycles. The fourth-order valence-corrected chi connectivity index (χ4v) is 1.89. The molecular weight excluding hydrogens is 274 g/mol. The Balaban J connectivity index is 2.12. The highest BCUT2D eigenvalue weighted by Gasteiger charge is 2.46. The van der Waals surface area contributed by atoms with Gasteiger partial charge in [-0.05, 0) is 25.8 Å². The number of hydrogen-bond acceptors (Lipinski definition) is 5. The van der Waals surface area contributed by atoms with Crippen LogP contribution in [-0.2, 0) is 25.7 Å². The number of anilines is 1. The molecule has 0 aromatic heterocycles. The van der Waals surface area contributed by atoms with Gasteiger partial charge < -0.3 is 9.47 Å². The summed E-state index contributed by atoms with van der Waals surface area (Å²) in [5.74, 6) is -0.209. The van der Waals surface area contributed by atoms with Gasteiger partial charge in [-0.15, -0.1) is 0 Å². The molecule has 1 amide bonds. The van der Waals surface area contributed by atoms with Gasteiger partial charge in [0.05, 0.1) is 25.3 Å². The number of benzene rings is 1. The smallest absolute Gasteiger partial charge is 0.438 e. The molecule has 6 heteroatoms. The van der Waals surface area contributed by atoms with Crippen molar-refractivity contribution in [2.24, 2.45) is 5.41 Å². The van der Waals surface area contributed by atoms with Gasteiger partial charge in [0.15, 0.2) is 0 Å². The number of methoxy groups -OCH3 is 1. The van der Waals surface area contributed by atoms with Crippen molar-refractivity contribution in [1.29, 1.82) is 0 Å². The van der Waals surface area contributed by atoms with Crippen LogP contribution in [-0.4, -0.2) is 26.3 Å². The second-order valence-corrected chi connectivity index (χ2v) is 5.21. The van der Waals surface area contributed by atoms with Gasteiger partial charge in [0.2, 0.25) is 0 Å². The largest absolute Gasteiger partial charge is 0.460 e. The Hall–Kier alpha value is -2.08. The van der Waals surface area contributed by atoms with Crippen LogP contribution in [0.3, 0.4) is 0 Å². The lowest BCUT2D eigenvalue weighted by atomic mass is 10.1. The normalized spacial score (nSPS) is 15.2. The van der Waals surface area contributed by atoms with Gasteiger partial charge in [0.25, 0.3) is 0 Å². The Morgan fingerprint density at radius 2 is 1.90 bits per heavy atom. The van der Waals surface area contributed by atoms with Crippen molar-refractivity contribution >= 4 is 17.7 Å². The molecule has 0 bridgehead atoms. The van der Waals surface area contributed by atoms with E-state index in [1.54, 1.807) is 24.3 Å². The number of para-hydroxylation sites is 1. The molecule has 2 rings (SSSR count). The average Bonchev–Trinajstić information content (AvgIpc) is 3.25. The molecule has 0 N–H and O–H groups in total. The number of carbonyl (C=O) groups excluding carboxylic acids is 2. The van der Waals surface area contributed by atoms with E-state index >= 15 is 0 Å². The summed E-state index contributed by atoms with van der Waals surface area (Å²) >= 11 is 0. The van der Waals surface area contributed by atoms with E-state index in [1.165, 1.54) is 14.2 Å². The number of esters is 1. The molecule has 0 spiro atoms. The third-order valence-electron chi connectivity index (χ3n) is 3.58. The summed E-state index contributed by atoms with van der Waals surface area (Å²) < 4.78 is 9.99. The standard InChI is InChI=1S/C15H19NO5/c1-15(8-9-15)13(17)21-10-11-6-4-5-7-12(11)16(20-3)14(18)19-2/h4-7H,8-10H2,1-3H3. The molecule has 1 aliphatic carbocycles. The molecule has 6 nitrogen and oxygen atoms in total. The molecule has 1 saturated carbocycles. The minimum atomic E-state index is -0.648. The molecule has 0 heterocycles. The predicted octanol–water partition coefficient (Wildman–Crippen LogP) is 2.66. The van der Waals surface area contributed by atoms with Gasteiger partial charge >= 0.3 is 12.1 Å². The molecule has 21 heavy (non-hydrogen) atoms. The van der Waals surface area contributed by atoms with Crippen LogP contribution in [0.1, 0.15) is 25.3 Å². The van der Waals surface area contributed by atoms with Gasteiger partial charge in [0, 0.05) is 5.56 Å². The van der Waals surface area contributed by atoms with E-state index in [0.29, 0.717) is 11.3 Å². The van der Waals surface area contributed by atoms with E-state index < -0.39 is 6.09 Å². The Bertz CT molecular complexity index is 539. The van der Waals surface area contributed by atoms with Crippen molar-refractivity contribution in [3.05, 3.63) is 29.8 Å². The average molecular weight is 293 g/mol. The number of carbonyl (C=O) groups is 2. The number of amides is 1. The monoisotopic (exact) mass is 293 g/mol. The highest BCUT2D eigenvalue weighted by molar-refractivity contribution is 5.86. The summed E-state index contributed by atoms with van der Waals surface area (Å²) in [6.07, 6.45) is 1.07. The van der Waals surface area contributed by atoms with Crippen molar-refractivity contribution in [2.45, 2.75) is 26.4 Å². The lowest BCUT2D eigenvalue weighted by molar-refractivity contribution is -0.150. The van der Waals surface area contributed by atoms with E-state index in [9.17, 15) is 9.59 Å². The van der Waals surface area contributed by atoms with E-state index in [-0.39, 0.29) is 18.0 Å². The molecule has 1 aromatic rings. The van der Waals surface area contributed by atoms with Crippen LogP contribution in [0.2, 0.25) is 0 Å². The van der Waals surface area contributed by atoms with Crippen molar-refractivity contribution in [3.8, 4) is 0 Å². The third kappa shape index (κ3) is 3.33. The number of nitrogens with zero attached hydrogens (tertiary/aromatic N) is 1. The molecule has 0 atom stereocenters. The number of hydrogen-bond donors (Lipinski definition) is 0. The maximum atomic E-state index is 11.9. The lowest BCUT2D eigenvalue weighted by Gasteiger charge is -2.21. The van der Waals surface area contributed by atoms with Gasteiger partial charge in [-0.2, -0.15) is 5.06 Å². The Kier molecular flexibility index (Phi) is 4.47. The van der Waals surface area contributed by atoms with Crippen molar-refractivity contribution < 1.29 is 23.9 Å². The highest BCUT2D eigenvalue weighted by Crippen LogP contribution is 2.46. The zero-order valence-electron chi connectivity index (χ0n) is 12.4. The van der Waals surface area contributed by atoms with Crippen LogP contribution in [0.15, 0.2) is 24.3 Å². The Morgan fingerprint density at radius 1 is 1.24 bits per heavy atom. The fourth-order valence-electron chi connectivity index (χ4n) is 1.89. The zero-order valence-corrected chi connectivity index (χ0v) is 12.4. The molecule has 1 fully saturated rings. The maximum absolute atomic E-state index is 11.9. The molecule has 0 unspecified atom stereocenters. The summed E-state index contributed by atoms with van der Waals surface area (Å²) in [6, 6.07) is 7.03. The first kappa shape index (κ1) is 15.3. The van der Waals surface area contributed by atoms with E-state index in [0.717, 1.165) is 17.9 Å². The van der Waals surface area contributed by atoms with Crippen molar-refractivity contribution in [1.82, 2.24) is 0 Å². The summed E-state index contributed by atoms with van der Waals surface area (Å²) in [4.78, 5) is 28.6. The first-order valence-corrected chi connectivity index (χ1v) is 6.69. The van der Waals surface area contributed by atoms with Crippen LogP contribution in [0, 0.1) is 5.41 Å². The minimum absolute atomic E-state index is 0.0848. The summed E-state index contributed by atoms with van der Waals surface area (Å²) in [5, 5.41) is 1.02. The lowest BCUT2D eigenvalue weighted by Crippen LogP contribution is -2.30. The summed E-state index contributed by atoms with van der Waals surface area (Å²) in [6.45, 7) is 1.97. The fraction of sp³-hybridized carbons (Fsp3) is 0.467. The van der Waals surface area contributed by atoms with Crippen LogP contribution in [0.5, 0.6) is 0 Å². The quantitative estimate of drug-likeness (QED) is 0.617. The molecule has 0 saturated heterocycles. The number of rotatable bonds is 5. The molecular formula is C15H19NO5. The molecule has 114 valence electrons. The van der Waals surface area contributed by atoms with Crippen molar-refractivity contribution in [3.63, 3.8) is 0 Å². The van der Waals surface area contributed by atoms with Gasteiger partial charge in [-0.3, -0.25) is 9.63 Å². The van der Waals surface area contributed by atoms with E-state index in [1.807, 2.05) is 6.92 Å². The molecule has 1 aromatic carbocycles. The van der Waals surface area contributed by atoms with Crippen LogP contribution in [0.4, 0.5) is 10.5 Å². The zero-order chi connectivity index (χ0) is 15.5. The van der Waals surface area contributed by atoms with Crippen LogP contribution in [0.25, 0.3) is 0 Å². The summed E-state index contributed by atoms with van der Waals surface area (Å²) in [7, 11) is 2.63. The summed E-state index contributed by atoms with van der Waals surface area (Å²) in [5.41, 5.74) is 0.820. The Morgan fingerprint density at radius 3 is 2.48 bits per heavy atom. The number of hydroxylamine groups is 1. The molecule has 0 radical (unpaired) electrons. The van der Waals surface area contributed by atoms with Crippen molar-refractivity contribution in [2.75, 3.05) is 19.3 Å². The first-order chi connectivity index (χ1) is 10.0. The maximum Gasteiger partial charge on any atom is 0.438 e. The van der Waals surface area contributed by atoms with Gasteiger partial charge in [0.1, 0.15) is 6.61 Å². The highest BCUT2D eigenvalue weighted by atomic mass is 16.7. The second kappa shape index (κ2) is 6.13. The predicted molar refractivity (Wildman–Crippen MR) is 75.5 cm³/mol.